The van der Waals surface area contributed by atoms with Gasteiger partial charge < -0.3 is 15.7 Å². The van der Waals surface area contributed by atoms with Gasteiger partial charge in [-0.25, -0.2) is 0 Å². The standard InChI is InChI=1S/C11H20N2O4/c1-2-3-4-5-6-9(14)12-7-10(15)13-8-11(16)17/h2-8H2,1H3,(H,12,14)(H,13,15)(H,16,17). The maximum Gasteiger partial charge on any atom is 0.322 e. The van der Waals surface area contributed by atoms with E-state index in [0.717, 1.165) is 25.7 Å². The number of amides is 2. The molecule has 6 heteroatoms. The van der Waals surface area contributed by atoms with Crippen LogP contribution < -0.4 is 10.6 Å². The van der Waals surface area contributed by atoms with Crippen LogP contribution in [0.25, 0.3) is 0 Å². The van der Waals surface area contributed by atoms with Crippen molar-refractivity contribution < 1.29 is 19.5 Å². The van der Waals surface area contributed by atoms with E-state index in [1.807, 2.05) is 0 Å². The van der Waals surface area contributed by atoms with Crippen LogP contribution in [-0.4, -0.2) is 36.0 Å². The number of carbonyl (C=O) groups is 3. The molecule has 0 aromatic rings. The van der Waals surface area contributed by atoms with Crippen LogP contribution in [0.3, 0.4) is 0 Å². The molecule has 0 bridgehead atoms. The smallest absolute Gasteiger partial charge is 0.322 e. The van der Waals surface area contributed by atoms with Crippen LogP contribution >= 0.6 is 0 Å². The number of carboxylic acid groups (broad SMARTS) is 1. The zero-order chi connectivity index (χ0) is 13.1. The van der Waals surface area contributed by atoms with Gasteiger partial charge in [-0.1, -0.05) is 26.2 Å². The van der Waals surface area contributed by atoms with E-state index in [-0.39, 0.29) is 12.5 Å². The Morgan fingerprint density at radius 2 is 1.59 bits per heavy atom. The third-order valence-electron chi connectivity index (χ3n) is 2.14. The maximum atomic E-state index is 11.2. The highest BCUT2D eigenvalue weighted by molar-refractivity contribution is 5.86. The number of hydrogen-bond donors (Lipinski definition) is 3. The average Bonchev–Trinajstić information content (AvgIpc) is 2.29. The third-order valence-corrected chi connectivity index (χ3v) is 2.14. The van der Waals surface area contributed by atoms with Crippen LogP contribution in [0, 0.1) is 0 Å². The second-order valence-corrected chi connectivity index (χ2v) is 3.76. The number of unbranched alkanes of at least 4 members (excludes halogenated alkanes) is 3. The molecule has 98 valence electrons. The predicted molar refractivity (Wildman–Crippen MR) is 62.4 cm³/mol. The fourth-order valence-corrected chi connectivity index (χ4v) is 1.22. The Morgan fingerprint density at radius 1 is 0.941 bits per heavy atom. The first-order valence-corrected chi connectivity index (χ1v) is 5.81. The van der Waals surface area contributed by atoms with Crippen LogP contribution in [0.15, 0.2) is 0 Å². The van der Waals surface area contributed by atoms with Gasteiger partial charge in [0.2, 0.25) is 11.8 Å². The van der Waals surface area contributed by atoms with E-state index >= 15 is 0 Å². The first-order chi connectivity index (χ1) is 8.06. The van der Waals surface area contributed by atoms with Crippen molar-refractivity contribution in [2.45, 2.75) is 39.0 Å². The van der Waals surface area contributed by atoms with Crippen molar-refractivity contribution in [2.75, 3.05) is 13.1 Å². The normalized spacial score (nSPS) is 9.71. The molecule has 3 N–H and O–H groups in total. The fourth-order valence-electron chi connectivity index (χ4n) is 1.22. The van der Waals surface area contributed by atoms with Crippen molar-refractivity contribution in [1.29, 1.82) is 0 Å². The molecule has 0 heterocycles. The average molecular weight is 244 g/mol. The molecule has 0 aliphatic heterocycles. The molecule has 0 aliphatic rings. The van der Waals surface area contributed by atoms with E-state index in [0.29, 0.717) is 6.42 Å². The summed E-state index contributed by atoms with van der Waals surface area (Å²) in [4.78, 5) is 32.4. The SMILES string of the molecule is CCCCCCC(=O)NCC(=O)NCC(=O)O. The molecular weight excluding hydrogens is 224 g/mol. The molecule has 0 unspecified atom stereocenters. The van der Waals surface area contributed by atoms with Crippen molar-refractivity contribution >= 4 is 17.8 Å². The number of rotatable bonds is 9. The Kier molecular flexibility index (Phi) is 8.72. The largest absolute Gasteiger partial charge is 0.480 e. The van der Waals surface area contributed by atoms with Gasteiger partial charge in [0.05, 0.1) is 6.54 Å². The van der Waals surface area contributed by atoms with Gasteiger partial charge in [-0.2, -0.15) is 0 Å². The van der Waals surface area contributed by atoms with Crippen molar-refractivity contribution in [3.63, 3.8) is 0 Å². The van der Waals surface area contributed by atoms with E-state index in [1.54, 1.807) is 0 Å². The highest BCUT2D eigenvalue weighted by atomic mass is 16.4. The molecule has 17 heavy (non-hydrogen) atoms. The summed E-state index contributed by atoms with van der Waals surface area (Å²) in [5.41, 5.74) is 0. The van der Waals surface area contributed by atoms with Crippen LogP contribution in [0.5, 0.6) is 0 Å². The van der Waals surface area contributed by atoms with E-state index in [1.165, 1.54) is 0 Å². The molecular formula is C11H20N2O4. The Labute approximate surface area is 101 Å². The Hall–Kier alpha value is -1.59. The number of nitrogens with one attached hydrogen (secondary N) is 2. The molecule has 0 radical (unpaired) electrons. The molecule has 0 atom stereocenters. The second-order valence-electron chi connectivity index (χ2n) is 3.76. The van der Waals surface area contributed by atoms with Gasteiger partial charge in [0.25, 0.3) is 0 Å². The number of carbonyl (C=O) groups excluding carboxylic acids is 2. The second kappa shape index (κ2) is 9.62. The number of carboxylic acids is 1. The van der Waals surface area contributed by atoms with Crippen LogP contribution in [0.1, 0.15) is 39.0 Å². The maximum absolute atomic E-state index is 11.2. The molecule has 0 spiro atoms. The highest BCUT2D eigenvalue weighted by Gasteiger charge is 2.06. The summed E-state index contributed by atoms with van der Waals surface area (Å²) < 4.78 is 0. The molecule has 2 amide bonds. The summed E-state index contributed by atoms with van der Waals surface area (Å²) in [5.74, 6) is -1.77. The number of aliphatic carboxylic acids is 1. The zero-order valence-electron chi connectivity index (χ0n) is 10.1. The Morgan fingerprint density at radius 3 is 2.18 bits per heavy atom. The lowest BCUT2D eigenvalue weighted by molar-refractivity contribution is -0.137. The summed E-state index contributed by atoms with van der Waals surface area (Å²) in [6.07, 6.45) is 4.45. The Bertz CT molecular complexity index is 266. The van der Waals surface area contributed by atoms with E-state index < -0.39 is 18.4 Å². The zero-order valence-corrected chi connectivity index (χ0v) is 10.1. The van der Waals surface area contributed by atoms with Gasteiger partial charge in [0, 0.05) is 6.42 Å². The van der Waals surface area contributed by atoms with Gasteiger partial charge in [0.1, 0.15) is 6.54 Å². The van der Waals surface area contributed by atoms with Crippen molar-refractivity contribution in [3.8, 4) is 0 Å². The summed E-state index contributed by atoms with van der Waals surface area (Å²) in [7, 11) is 0. The van der Waals surface area contributed by atoms with Gasteiger partial charge in [0.15, 0.2) is 0 Å². The lowest BCUT2D eigenvalue weighted by Gasteiger charge is -2.05. The van der Waals surface area contributed by atoms with Crippen LogP contribution in [0.2, 0.25) is 0 Å². The molecule has 0 fully saturated rings. The van der Waals surface area contributed by atoms with Crippen LogP contribution in [-0.2, 0) is 14.4 Å². The van der Waals surface area contributed by atoms with E-state index in [4.69, 9.17) is 5.11 Å². The first-order valence-electron chi connectivity index (χ1n) is 5.81. The topological polar surface area (TPSA) is 95.5 Å². The summed E-state index contributed by atoms with van der Waals surface area (Å²) >= 11 is 0. The molecule has 0 saturated carbocycles. The highest BCUT2D eigenvalue weighted by Crippen LogP contribution is 2.01. The molecule has 0 saturated heterocycles. The third kappa shape index (κ3) is 10.7. The summed E-state index contributed by atoms with van der Waals surface area (Å²) in [6, 6.07) is 0. The minimum atomic E-state index is -1.11. The van der Waals surface area contributed by atoms with Gasteiger partial charge in [-0.15, -0.1) is 0 Å². The molecule has 0 aromatic heterocycles. The lowest BCUT2D eigenvalue weighted by Crippen LogP contribution is -2.38. The number of hydrogen-bond acceptors (Lipinski definition) is 3. The molecule has 6 nitrogen and oxygen atoms in total. The minimum Gasteiger partial charge on any atom is -0.480 e. The van der Waals surface area contributed by atoms with E-state index in [2.05, 4.69) is 17.6 Å². The lowest BCUT2D eigenvalue weighted by atomic mass is 10.1. The van der Waals surface area contributed by atoms with Crippen molar-refractivity contribution in [3.05, 3.63) is 0 Å². The fraction of sp³-hybridized carbons (Fsp3) is 0.727. The predicted octanol–water partition coefficient (Wildman–Crippen LogP) is 0.274. The minimum absolute atomic E-state index is 0.167. The van der Waals surface area contributed by atoms with Gasteiger partial charge in [-0.05, 0) is 6.42 Å². The Balaban J connectivity index is 3.49. The van der Waals surface area contributed by atoms with Gasteiger partial charge >= 0.3 is 5.97 Å². The molecule has 0 aromatic carbocycles. The monoisotopic (exact) mass is 244 g/mol. The van der Waals surface area contributed by atoms with Crippen molar-refractivity contribution in [2.24, 2.45) is 0 Å². The van der Waals surface area contributed by atoms with Crippen molar-refractivity contribution in [1.82, 2.24) is 10.6 Å². The molecule has 0 aliphatic carbocycles. The summed E-state index contributed by atoms with van der Waals surface area (Å²) in [5, 5.41) is 12.9. The van der Waals surface area contributed by atoms with Gasteiger partial charge in [-0.3, -0.25) is 14.4 Å². The molecule has 0 rings (SSSR count). The van der Waals surface area contributed by atoms with Crippen LogP contribution in [0.4, 0.5) is 0 Å². The quantitative estimate of drug-likeness (QED) is 0.507. The summed E-state index contributed by atoms with van der Waals surface area (Å²) in [6.45, 7) is 1.50. The first kappa shape index (κ1) is 15.4. The van der Waals surface area contributed by atoms with E-state index in [9.17, 15) is 14.4 Å².